The smallest absolute Gasteiger partial charge is 0.260 e. The maximum Gasteiger partial charge on any atom is 0.260 e. The maximum atomic E-state index is 12.2. The molecule has 0 bridgehead atoms. The van der Waals surface area contributed by atoms with Crippen molar-refractivity contribution in [3.63, 3.8) is 0 Å². The van der Waals surface area contributed by atoms with Crippen LogP contribution in [0, 0.1) is 6.92 Å². The van der Waals surface area contributed by atoms with Crippen molar-refractivity contribution in [2.75, 3.05) is 25.5 Å². The SMILES string of the molecule is CCc1ccccc1OCC(=O)N(C)CC(=O)Nc1ccc(Br)cc1C. The van der Waals surface area contributed by atoms with Gasteiger partial charge in [0.1, 0.15) is 5.75 Å². The van der Waals surface area contributed by atoms with E-state index in [1.54, 1.807) is 7.05 Å². The molecule has 0 aliphatic carbocycles. The molecule has 0 spiro atoms. The summed E-state index contributed by atoms with van der Waals surface area (Å²) in [5, 5.41) is 2.82. The summed E-state index contributed by atoms with van der Waals surface area (Å²) in [5.74, 6) is 0.200. The van der Waals surface area contributed by atoms with Gasteiger partial charge in [-0.05, 0) is 48.7 Å². The van der Waals surface area contributed by atoms with Crippen LogP contribution in [0.4, 0.5) is 5.69 Å². The Labute approximate surface area is 162 Å². The van der Waals surface area contributed by atoms with Gasteiger partial charge < -0.3 is 15.0 Å². The number of para-hydroxylation sites is 1. The average Bonchev–Trinajstić information content (AvgIpc) is 2.62. The van der Waals surface area contributed by atoms with Crippen molar-refractivity contribution in [1.82, 2.24) is 4.90 Å². The number of nitrogens with one attached hydrogen (secondary N) is 1. The van der Waals surface area contributed by atoms with E-state index in [2.05, 4.69) is 21.2 Å². The van der Waals surface area contributed by atoms with Crippen LogP contribution in [0.5, 0.6) is 5.75 Å². The lowest BCUT2D eigenvalue weighted by molar-refractivity contribution is -0.135. The van der Waals surface area contributed by atoms with Crippen LogP contribution in [0.3, 0.4) is 0 Å². The molecule has 5 nitrogen and oxygen atoms in total. The van der Waals surface area contributed by atoms with Crippen LogP contribution in [-0.2, 0) is 16.0 Å². The average molecular weight is 419 g/mol. The molecule has 2 aromatic carbocycles. The Morgan fingerprint density at radius 1 is 1.19 bits per heavy atom. The molecule has 1 N–H and O–H groups in total. The van der Waals surface area contributed by atoms with Crippen molar-refractivity contribution < 1.29 is 14.3 Å². The Balaban J connectivity index is 1.87. The summed E-state index contributed by atoms with van der Waals surface area (Å²) in [7, 11) is 1.59. The number of nitrogens with zero attached hydrogens (tertiary/aromatic N) is 1. The molecule has 0 aromatic heterocycles. The van der Waals surface area contributed by atoms with E-state index in [0.29, 0.717) is 5.75 Å². The minimum Gasteiger partial charge on any atom is -0.483 e. The second kappa shape index (κ2) is 9.38. The van der Waals surface area contributed by atoms with E-state index in [-0.39, 0.29) is 25.0 Å². The number of hydrogen-bond acceptors (Lipinski definition) is 3. The number of anilines is 1. The summed E-state index contributed by atoms with van der Waals surface area (Å²) in [6, 6.07) is 13.2. The Morgan fingerprint density at radius 3 is 2.62 bits per heavy atom. The van der Waals surface area contributed by atoms with Gasteiger partial charge in [-0.2, -0.15) is 0 Å². The molecule has 0 aliphatic heterocycles. The number of likely N-dealkylation sites (N-methyl/N-ethyl adjacent to an activating group) is 1. The fourth-order valence-electron chi connectivity index (χ4n) is 2.45. The molecule has 6 heteroatoms. The van der Waals surface area contributed by atoms with Gasteiger partial charge in [0.25, 0.3) is 5.91 Å². The minimum absolute atomic E-state index is 0.0346. The van der Waals surface area contributed by atoms with Gasteiger partial charge in [-0.25, -0.2) is 0 Å². The number of benzene rings is 2. The Kier molecular flexibility index (Phi) is 7.21. The number of carbonyl (C=O) groups is 2. The van der Waals surface area contributed by atoms with Gasteiger partial charge in [0.15, 0.2) is 6.61 Å². The zero-order valence-corrected chi connectivity index (χ0v) is 16.8. The number of halogens is 1. The van der Waals surface area contributed by atoms with Crippen molar-refractivity contribution in [3.05, 3.63) is 58.1 Å². The number of amides is 2. The highest BCUT2D eigenvalue weighted by Crippen LogP contribution is 2.20. The third kappa shape index (κ3) is 5.59. The third-order valence-electron chi connectivity index (χ3n) is 3.97. The molecule has 0 saturated heterocycles. The zero-order valence-electron chi connectivity index (χ0n) is 15.2. The second-order valence-electron chi connectivity index (χ2n) is 6.01. The Bertz CT molecular complexity index is 792. The minimum atomic E-state index is -0.251. The molecule has 0 heterocycles. The summed E-state index contributed by atoms with van der Waals surface area (Å²) in [6.07, 6.45) is 0.829. The van der Waals surface area contributed by atoms with Crippen LogP contribution in [0.15, 0.2) is 46.9 Å². The molecule has 0 aliphatic rings. The lowest BCUT2D eigenvalue weighted by Gasteiger charge is -2.18. The molecule has 0 saturated carbocycles. The van der Waals surface area contributed by atoms with Crippen LogP contribution in [-0.4, -0.2) is 36.9 Å². The largest absolute Gasteiger partial charge is 0.483 e. The van der Waals surface area contributed by atoms with Gasteiger partial charge in [0, 0.05) is 17.2 Å². The van der Waals surface area contributed by atoms with Crippen molar-refractivity contribution in [1.29, 1.82) is 0 Å². The molecule has 0 unspecified atom stereocenters. The third-order valence-corrected chi connectivity index (χ3v) is 4.47. The van der Waals surface area contributed by atoms with Gasteiger partial charge in [-0.15, -0.1) is 0 Å². The van der Waals surface area contributed by atoms with Crippen LogP contribution in [0.25, 0.3) is 0 Å². The lowest BCUT2D eigenvalue weighted by Crippen LogP contribution is -2.37. The quantitative estimate of drug-likeness (QED) is 0.743. The van der Waals surface area contributed by atoms with Crippen molar-refractivity contribution in [2.24, 2.45) is 0 Å². The van der Waals surface area contributed by atoms with Crippen molar-refractivity contribution in [3.8, 4) is 5.75 Å². The van der Waals surface area contributed by atoms with E-state index >= 15 is 0 Å². The molecular formula is C20H23BrN2O3. The zero-order chi connectivity index (χ0) is 19.1. The highest BCUT2D eigenvalue weighted by atomic mass is 79.9. The molecular weight excluding hydrogens is 396 g/mol. The molecule has 2 amide bonds. The number of hydrogen-bond donors (Lipinski definition) is 1. The molecule has 138 valence electrons. The predicted molar refractivity (Wildman–Crippen MR) is 106 cm³/mol. The molecule has 26 heavy (non-hydrogen) atoms. The van der Waals surface area contributed by atoms with Crippen LogP contribution in [0.1, 0.15) is 18.1 Å². The summed E-state index contributed by atoms with van der Waals surface area (Å²) in [6.45, 7) is 3.81. The molecule has 0 atom stereocenters. The molecule has 2 aromatic rings. The highest BCUT2D eigenvalue weighted by molar-refractivity contribution is 9.10. The van der Waals surface area contributed by atoms with Gasteiger partial charge in [0.2, 0.25) is 5.91 Å². The Hall–Kier alpha value is -2.34. The van der Waals surface area contributed by atoms with Crippen molar-refractivity contribution >= 4 is 33.4 Å². The first-order valence-corrected chi connectivity index (χ1v) is 9.20. The van der Waals surface area contributed by atoms with Crippen LogP contribution < -0.4 is 10.1 Å². The van der Waals surface area contributed by atoms with Gasteiger partial charge in [-0.1, -0.05) is 41.1 Å². The fraction of sp³-hybridized carbons (Fsp3) is 0.300. The number of rotatable bonds is 7. The van der Waals surface area contributed by atoms with Gasteiger partial charge in [-0.3, -0.25) is 9.59 Å². The number of carbonyl (C=O) groups excluding carboxylic acids is 2. The first-order chi connectivity index (χ1) is 12.4. The monoisotopic (exact) mass is 418 g/mol. The van der Waals surface area contributed by atoms with E-state index in [1.807, 2.05) is 56.3 Å². The summed E-state index contributed by atoms with van der Waals surface area (Å²) < 4.78 is 6.56. The summed E-state index contributed by atoms with van der Waals surface area (Å²) >= 11 is 3.39. The first kappa shape index (κ1) is 20.0. The summed E-state index contributed by atoms with van der Waals surface area (Å²) in [4.78, 5) is 25.8. The Morgan fingerprint density at radius 2 is 1.92 bits per heavy atom. The van der Waals surface area contributed by atoms with Crippen LogP contribution in [0.2, 0.25) is 0 Å². The number of aryl methyl sites for hydroxylation is 2. The first-order valence-electron chi connectivity index (χ1n) is 8.41. The molecule has 0 fully saturated rings. The van der Waals surface area contributed by atoms with Gasteiger partial charge >= 0.3 is 0 Å². The van der Waals surface area contributed by atoms with E-state index in [0.717, 1.165) is 27.7 Å². The van der Waals surface area contributed by atoms with Gasteiger partial charge in [0.05, 0.1) is 6.54 Å². The second-order valence-corrected chi connectivity index (χ2v) is 6.92. The lowest BCUT2D eigenvalue weighted by atomic mass is 10.1. The van der Waals surface area contributed by atoms with E-state index < -0.39 is 0 Å². The molecule has 0 radical (unpaired) electrons. The van der Waals surface area contributed by atoms with Crippen LogP contribution >= 0.6 is 15.9 Å². The normalized spacial score (nSPS) is 10.3. The van der Waals surface area contributed by atoms with E-state index in [4.69, 9.17) is 4.74 Å². The topological polar surface area (TPSA) is 58.6 Å². The number of ether oxygens (including phenoxy) is 1. The van der Waals surface area contributed by atoms with Crippen molar-refractivity contribution in [2.45, 2.75) is 20.3 Å². The predicted octanol–water partition coefficient (Wildman–Crippen LogP) is 3.80. The highest BCUT2D eigenvalue weighted by Gasteiger charge is 2.15. The van der Waals surface area contributed by atoms with E-state index in [9.17, 15) is 9.59 Å². The summed E-state index contributed by atoms with van der Waals surface area (Å²) in [5.41, 5.74) is 2.72. The fourth-order valence-corrected chi connectivity index (χ4v) is 2.92. The standard InChI is InChI=1S/C20H23BrN2O3/c1-4-15-7-5-6-8-18(15)26-13-20(25)23(3)12-19(24)22-17-10-9-16(21)11-14(17)2/h5-11H,4,12-13H2,1-3H3,(H,22,24). The van der Waals surface area contributed by atoms with E-state index in [1.165, 1.54) is 4.90 Å². The molecule has 2 rings (SSSR count). The maximum absolute atomic E-state index is 12.2.